The maximum Gasteiger partial charge on any atom is 0.159 e. The summed E-state index contributed by atoms with van der Waals surface area (Å²) >= 11 is 0. The molecule has 1 aromatic rings. The van der Waals surface area contributed by atoms with Crippen LogP contribution < -0.4 is 5.32 Å². The Hall–Kier alpha value is -1.01. The predicted molar refractivity (Wildman–Crippen MR) is 76.6 cm³/mol. The Bertz CT molecular complexity index is 546. The fourth-order valence-electron chi connectivity index (χ4n) is 1.87. The van der Waals surface area contributed by atoms with Crippen LogP contribution in [0.4, 0.5) is 8.78 Å². The third-order valence-corrected chi connectivity index (χ3v) is 5.12. The van der Waals surface area contributed by atoms with Gasteiger partial charge < -0.3 is 5.32 Å². The van der Waals surface area contributed by atoms with Crippen LogP contribution in [0.1, 0.15) is 32.3 Å². The van der Waals surface area contributed by atoms with Gasteiger partial charge in [-0.3, -0.25) is 0 Å². The van der Waals surface area contributed by atoms with E-state index >= 15 is 0 Å². The van der Waals surface area contributed by atoms with Gasteiger partial charge in [0.15, 0.2) is 21.5 Å². The minimum atomic E-state index is -3.02. The van der Waals surface area contributed by atoms with E-state index in [1.54, 1.807) is 13.8 Å². The van der Waals surface area contributed by atoms with E-state index in [1.165, 1.54) is 12.1 Å². The van der Waals surface area contributed by atoms with Gasteiger partial charge in [-0.15, -0.1) is 0 Å². The zero-order valence-corrected chi connectivity index (χ0v) is 12.8. The Morgan fingerprint density at radius 3 is 2.40 bits per heavy atom. The topological polar surface area (TPSA) is 46.2 Å². The molecule has 0 aromatic heterocycles. The molecule has 2 atom stereocenters. The van der Waals surface area contributed by atoms with E-state index in [4.69, 9.17) is 0 Å². The summed E-state index contributed by atoms with van der Waals surface area (Å²) in [5, 5.41) is 3.11. The molecule has 3 nitrogen and oxygen atoms in total. The average Bonchev–Trinajstić information content (AvgIpc) is 2.38. The molecule has 0 aliphatic carbocycles. The molecule has 0 spiro atoms. The van der Waals surface area contributed by atoms with Gasteiger partial charge in [0.25, 0.3) is 0 Å². The largest absolute Gasteiger partial charge is 0.313 e. The third-order valence-electron chi connectivity index (χ3n) is 3.23. The van der Waals surface area contributed by atoms with Gasteiger partial charge in [-0.1, -0.05) is 19.9 Å². The minimum Gasteiger partial charge on any atom is -0.313 e. The molecule has 0 aliphatic rings. The van der Waals surface area contributed by atoms with E-state index in [0.29, 0.717) is 12.1 Å². The average molecular weight is 305 g/mol. The van der Waals surface area contributed by atoms with Crippen LogP contribution in [0.3, 0.4) is 0 Å². The van der Waals surface area contributed by atoms with Crippen LogP contribution >= 0.6 is 0 Å². The van der Waals surface area contributed by atoms with Crippen molar-refractivity contribution in [3.05, 3.63) is 35.4 Å². The number of benzene rings is 1. The van der Waals surface area contributed by atoms with Crippen molar-refractivity contribution in [3.63, 3.8) is 0 Å². The number of halogens is 2. The van der Waals surface area contributed by atoms with Crippen LogP contribution in [-0.4, -0.2) is 32.5 Å². The number of nitrogens with one attached hydrogen (secondary N) is 1. The Morgan fingerprint density at radius 1 is 1.20 bits per heavy atom. The highest BCUT2D eigenvalue weighted by Crippen LogP contribution is 2.17. The minimum absolute atomic E-state index is 0.0307. The van der Waals surface area contributed by atoms with E-state index in [-0.39, 0.29) is 23.5 Å². The van der Waals surface area contributed by atoms with E-state index in [9.17, 15) is 17.2 Å². The van der Waals surface area contributed by atoms with Crippen molar-refractivity contribution < 1.29 is 17.2 Å². The van der Waals surface area contributed by atoms with Gasteiger partial charge in [0, 0.05) is 18.3 Å². The van der Waals surface area contributed by atoms with Gasteiger partial charge >= 0.3 is 0 Å². The van der Waals surface area contributed by atoms with Crippen molar-refractivity contribution in [2.45, 2.75) is 32.7 Å². The molecule has 0 fully saturated rings. The summed E-state index contributed by atoms with van der Waals surface area (Å²) in [6.45, 7) is 5.79. The smallest absolute Gasteiger partial charge is 0.159 e. The van der Waals surface area contributed by atoms with Gasteiger partial charge in [-0.05, 0) is 30.5 Å². The van der Waals surface area contributed by atoms with Gasteiger partial charge in [0.1, 0.15) is 0 Å². The molecule has 0 amide bonds. The summed E-state index contributed by atoms with van der Waals surface area (Å²) in [4.78, 5) is 0. The van der Waals surface area contributed by atoms with E-state index < -0.39 is 21.5 Å². The van der Waals surface area contributed by atoms with Crippen LogP contribution in [0, 0.1) is 11.6 Å². The summed E-state index contributed by atoms with van der Waals surface area (Å²) in [6, 6.07) is 3.65. The normalized spacial score (nSPS) is 15.1. The summed E-state index contributed by atoms with van der Waals surface area (Å²) in [6.07, 6.45) is 0. The quantitative estimate of drug-likeness (QED) is 0.842. The highest BCUT2D eigenvalue weighted by molar-refractivity contribution is 7.91. The van der Waals surface area contributed by atoms with Gasteiger partial charge in [-0.25, -0.2) is 17.2 Å². The van der Waals surface area contributed by atoms with Gasteiger partial charge in [0.05, 0.1) is 5.75 Å². The lowest BCUT2D eigenvalue weighted by Crippen LogP contribution is -2.35. The molecule has 0 bridgehead atoms. The first-order chi connectivity index (χ1) is 9.25. The molecule has 0 aliphatic heterocycles. The lowest BCUT2D eigenvalue weighted by Gasteiger charge is -2.18. The van der Waals surface area contributed by atoms with Crippen molar-refractivity contribution in [2.75, 3.05) is 18.1 Å². The molecule has 1 aromatic carbocycles. The van der Waals surface area contributed by atoms with Crippen LogP contribution in [0.25, 0.3) is 0 Å². The fourth-order valence-corrected chi connectivity index (χ4v) is 2.99. The van der Waals surface area contributed by atoms with Crippen molar-refractivity contribution >= 4 is 9.84 Å². The van der Waals surface area contributed by atoms with E-state index in [1.807, 2.05) is 6.92 Å². The summed E-state index contributed by atoms with van der Waals surface area (Å²) < 4.78 is 48.9. The Balaban J connectivity index is 2.54. The Kier molecular flexibility index (Phi) is 6.07. The summed E-state index contributed by atoms with van der Waals surface area (Å²) in [5.41, 5.74) is 0.682. The second-order valence-electron chi connectivity index (χ2n) is 5.08. The molecule has 0 radical (unpaired) electrons. The first-order valence-corrected chi connectivity index (χ1v) is 8.46. The molecule has 1 N–H and O–H groups in total. The van der Waals surface area contributed by atoms with Crippen LogP contribution in [0.15, 0.2) is 18.2 Å². The van der Waals surface area contributed by atoms with Crippen molar-refractivity contribution in [2.24, 2.45) is 0 Å². The summed E-state index contributed by atoms with van der Waals surface area (Å²) in [5.74, 6) is -1.56. The lowest BCUT2D eigenvalue weighted by molar-refractivity contribution is 0.501. The molecular weight excluding hydrogens is 284 g/mol. The fraction of sp³-hybridized carbons (Fsp3) is 0.571. The molecule has 0 saturated carbocycles. The van der Waals surface area contributed by atoms with Crippen LogP contribution in [-0.2, 0) is 9.84 Å². The monoisotopic (exact) mass is 305 g/mol. The van der Waals surface area contributed by atoms with Crippen molar-refractivity contribution in [1.82, 2.24) is 5.32 Å². The second kappa shape index (κ2) is 7.13. The van der Waals surface area contributed by atoms with Crippen LogP contribution in [0.2, 0.25) is 0 Å². The maximum absolute atomic E-state index is 13.1. The standard InChI is InChI=1S/C14H21F2NO2S/c1-4-20(18,19)9-11(3)17-8-10(2)12-5-6-13(15)14(16)7-12/h5-7,10-11,17H,4,8-9H2,1-3H3/t10-,11-/m1/s1. The predicted octanol–water partition coefficient (Wildman–Crippen LogP) is 2.48. The number of hydrogen-bond acceptors (Lipinski definition) is 3. The third kappa shape index (κ3) is 5.17. The van der Waals surface area contributed by atoms with E-state index in [0.717, 1.165) is 6.07 Å². The molecular formula is C14H21F2NO2S. The zero-order valence-electron chi connectivity index (χ0n) is 12.0. The van der Waals surface area contributed by atoms with Crippen LogP contribution in [0.5, 0.6) is 0 Å². The number of rotatable bonds is 7. The molecule has 114 valence electrons. The first-order valence-electron chi connectivity index (χ1n) is 6.64. The molecule has 20 heavy (non-hydrogen) atoms. The van der Waals surface area contributed by atoms with Crippen molar-refractivity contribution in [3.8, 4) is 0 Å². The molecule has 1 rings (SSSR count). The van der Waals surface area contributed by atoms with Gasteiger partial charge in [-0.2, -0.15) is 0 Å². The lowest BCUT2D eigenvalue weighted by atomic mass is 10.0. The Morgan fingerprint density at radius 2 is 1.85 bits per heavy atom. The highest BCUT2D eigenvalue weighted by atomic mass is 32.2. The Labute approximate surface area is 119 Å². The summed E-state index contributed by atoms with van der Waals surface area (Å²) in [7, 11) is -3.02. The molecule has 0 saturated heterocycles. The van der Waals surface area contributed by atoms with Crippen molar-refractivity contribution in [1.29, 1.82) is 0 Å². The zero-order chi connectivity index (χ0) is 15.3. The molecule has 0 heterocycles. The second-order valence-corrected chi connectivity index (χ2v) is 7.48. The maximum atomic E-state index is 13.1. The first kappa shape index (κ1) is 17.0. The van der Waals surface area contributed by atoms with E-state index in [2.05, 4.69) is 5.32 Å². The highest BCUT2D eigenvalue weighted by Gasteiger charge is 2.15. The number of sulfone groups is 1. The SMILES string of the molecule is CCS(=O)(=O)C[C@@H](C)NC[C@@H](C)c1ccc(F)c(F)c1. The van der Waals surface area contributed by atoms with Gasteiger partial charge in [0.2, 0.25) is 0 Å². The molecule has 0 unspecified atom stereocenters. The number of hydrogen-bond donors (Lipinski definition) is 1. The molecule has 6 heteroatoms.